The van der Waals surface area contributed by atoms with E-state index in [0.717, 1.165) is 35.9 Å². The van der Waals surface area contributed by atoms with Crippen molar-refractivity contribution in [3.8, 4) is 11.1 Å². The summed E-state index contributed by atoms with van der Waals surface area (Å²) in [6.07, 6.45) is 7.68. The summed E-state index contributed by atoms with van der Waals surface area (Å²) in [6, 6.07) is 5.76. The minimum absolute atomic E-state index is 0.0944. The van der Waals surface area contributed by atoms with Crippen molar-refractivity contribution in [1.82, 2.24) is 19.6 Å². The number of nitrogen functional groups attached to an aromatic ring is 1. The van der Waals surface area contributed by atoms with Crippen molar-refractivity contribution in [1.29, 1.82) is 0 Å². The van der Waals surface area contributed by atoms with Crippen molar-refractivity contribution in [3.63, 3.8) is 0 Å². The topological polar surface area (TPSA) is 98.6 Å². The predicted octanol–water partition coefficient (Wildman–Crippen LogP) is 1.80. The Morgan fingerprint density at radius 1 is 1.21 bits per heavy atom. The lowest BCUT2D eigenvalue weighted by Gasteiger charge is -2.14. The lowest BCUT2D eigenvalue weighted by Crippen LogP contribution is -2.22. The molecule has 4 rings (SSSR count). The minimum Gasteiger partial charge on any atom is -0.390 e. The van der Waals surface area contributed by atoms with E-state index in [4.69, 9.17) is 10.5 Å². The van der Waals surface area contributed by atoms with Crippen LogP contribution in [0.3, 0.4) is 0 Å². The van der Waals surface area contributed by atoms with Crippen molar-refractivity contribution >= 4 is 11.3 Å². The second kappa shape index (κ2) is 6.18. The maximum atomic E-state index is 9.77. The number of hydrogen-bond acceptors (Lipinski definition) is 6. The molecule has 1 aliphatic carbocycles. The van der Waals surface area contributed by atoms with E-state index in [2.05, 4.69) is 15.1 Å². The van der Waals surface area contributed by atoms with Gasteiger partial charge in [0.15, 0.2) is 5.82 Å². The summed E-state index contributed by atoms with van der Waals surface area (Å²) in [5.74, 6) is 1.11. The van der Waals surface area contributed by atoms with Gasteiger partial charge in [0, 0.05) is 30.2 Å². The third-order valence-corrected chi connectivity index (χ3v) is 4.37. The molecule has 24 heavy (non-hydrogen) atoms. The quantitative estimate of drug-likeness (QED) is 0.759. The van der Waals surface area contributed by atoms with E-state index >= 15 is 0 Å². The van der Waals surface area contributed by atoms with Crippen molar-refractivity contribution in [2.75, 3.05) is 5.73 Å². The van der Waals surface area contributed by atoms with Gasteiger partial charge in [-0.15, -0.1) is 0 Å². The average molecular weight is 325 g/mol. The van der Waals surface area contributed by atoms with Crippen molar-refractivity contribution < 1.29 is 9.84 Å². The zero-order valence-electron chi connectivity index (χ0n) is 13.2. The first-order valence-corrected chi connectivity index (χ1v) is 8.05. The number of aliphatic hydroxyl groups is 1. The van der Waals surface area contributed by atoms with Gasteiger partial charge in [0.1, 0.15) is 12.4 Å². The van der Waals surface area contributed by atoms with Crippen LogP contribution in [0, 0.1) is 0 Å². The Hall–Kier alpha value is -2.51. The molecular weight excluding hydrogens is 306 g/mol. The number of aromatic nitrogens is 4. The van der Waals surface area contributed by atoms with Crippen LogP contribution in [0.25, 0.3) is 16.6 Å². The Balaban J connectivity index is 1.47. The lowest BCUT2D eigenvalue weighted by atomic mass is 10.1. The Bertz CT molecular complexity index is 846. The van der Waals surface area contributed by atoms with E-state index in [0.29, 0.717) is 18.2 Å². The fourth-order valence-electron chi connectivity index (χ4n) is 3.05. The first-order valence-electron chi connectivity index (χ1n) is 8.05. The average Bonchev–Trinajstić information content (AvgIpc) is 3.17. The Labute approximate surface area is 139 Å². The molecule has 2 atom stereocenters. The van der Waals surface area contributed by atoms with Gasteiger partial charge in [0.05, 0.1) is 17.7 Å². The first-order chi connectivity index (χ1) is 11.7. The van der Waals surface area contributed by atoms with Gasteiger partial charge in [-0.2, -0.15) is 5.10 Å². The molecule has 1 fully saturated rings. The van der Waals surface area contributed by atoms with Gasteiger partial charge in [-0.25, -0.2) is 14.5 Å². The number of nitrogens with zero attached hydrogens (tertiary/aromatic N) is 4. The van der Waals surface area contributed by atoms with E-state index in [1.807, 2.05) is 24.4 Å². The van der Waals surface area contributed by atoms with Crippen LogP contribution in [0.15, 0.2) is 36.8 Å². The number of anilines is 1. The molecule has 3 aromatic heterocycles. The van der Waals surface area contributed by atoms with Crippen molar-refractivity contribution in [2.24, 2.45) is 0 Å². The molecule has 7 heteroatoms. The number of pyridine rings is 1. The summed E-state index contributed by atoms with van der Waals surface area (Å²) in [7, 11) is 0. The normalized spacial score (nSPS) is 20.7. The highest BCUT2D eigenvalue weighted by Crippen LogP contribution is 2.23. The molecule has 1 aliphatic rings. The molecule has 0 radical (unpaired) electrons. The van der Waals surface area contributed by atoms with Crippen LogP contribution in [0.4, 0.5) is 5.82 Å². The summed E-state index contributed by atoms with van der Waals surface area (Å²) in [5.41, 5.74) is 8.55. The van der Waals surface area contributed by atoms with Crippen molar-refractivity contribution in [2.45, 2.75) is 38.1 Å². The third-order valence-electron chi connectivity index (χ3n) is 4.37. The van der Waals surface area contributed by atoms with E-state index in [9.17, 15) is 5.11 Å². The number of rotatable bonds is 4. The summed E-state index contributed by atoms with van der Waals surface area (Å²) in [5, 5.41) is 13.9. The van der Waals surface area contributed by atoms with Gasteiger partial charge < -0.3 is 15.6 Å². The summed E-state index contributed by atoms with van der Waals surface area (Å²) in [4.78, 5) is 8.72. The largest absolute Gasteiger partial charge is 0.390 e. The van der Waals surface area contributed by atoms with Crippen LogP contribution in [0.5, 0.6) is 0 Å². The monoisotopic (exact) mass is 325 g/mol. The molecule has 2 unspecified atom stereocenters. The maximum Gasteiger partial charge on any atom is 0.153 e. The second-order valence-electron chi connectivity index (χ2n) is 6.09. The molecule has 0 amide bonds. The highest BCUT2D eigenvalue weighted by Gasteiger charge is 2.25. The van der Waals surface area contributed by atoms with Crippen LogP contribution < -0.4 is 5.73 Å². The molecule has 7 nitrogen and oxygen atoms in total. The Kier molecular flexibility index (Phi) is 3.87. The number of hydrogen-bond donors (Lipinski definition) is 2. The molecule has 124 valence electrons. The summed E-state index contributed by atoms with van der Waals surface area (Å²) < 4.78 is 7.44. The number of ether oxygens (including phenoxy) is 1. The van der Waals surface area contributed by atoms with E-state index in [-0.39, 0.29) is 12.2 Å². The van der Waals surface area contributed by atoms with Crippen LogP contribution in [0.1, 0.15) is 25.1 Å². The highest BCUT2D eigenvalue weighted by atomic mass is 16.5. The molecule has 0 aliphatic heterocycles. The Morgan fingerprint density at radius 3 is 2.79 bits per heavy atom. The molecule has 3 heterocycles. The van der Waals surface area contributed by atoms with E-state index < -0.39 is 0 Å². The van der Waals surface area contributed by atoms with E-state index in [1.54, 1.807) is 16.9 Å². The summed E-state index contributed by atoms with van der Waals surface area (Å²) >= 11 is 0. The van der Waals surface area contributed by atoms with E-state index in [1.165, 1.54) is 0 Å². The van der Waals surface area contributed by atoms with Crippen molar-refractivity contribution in [3.05, 3.63) is 42.6 Å². The number of aliphatic hydroxyl groups excluding tert-OH is 1. The van der Waals surface area contributed by atoms with Crippen LogP contribution in [-0.4, -0.2) is 36.9 Å². The first kappa shape index (κ1) is 15.0. The molecule has 0 bridgehead atoms. The van der Waals surface area contributed by atoms with Gasteiger partial charge in [-0.3, -0.25) is 0 Å². The number of nitrogens with two attached hydrogens (primary N) is 1. The third kappa shape index (κ3) is 2.95. The fourth-order valence-corrected chi connectivity index (χ4v) is 3.05. The highest BCUT2D eigenvalue weighted by molar-refractivity contribution is 5.68. The van der Waals surface area contributed by atoms with Crippen LogP contribution in [0.2, 0.25) is 0 Å². The molecule has 3 N–H and O–H groups in total. The Morgan fingerprint density at radius 2 is 2.04 bits per heavy atom. The van der Waals surface area contributed by atoms with Crippen LogP contribution >= 0.6 is 0 Å². The van der Waals surface area contributed by atoms with Gasteiger partial charge >= 0.3 is 0 Å². The second-order valence-corrected chi connectivity index (χ2v) is 6.09. The van der Waals surface area contributed by atoms with Crippen LogP contribution in [-0.2, 0) is 11.3 Å². The zero-order chi connectivity index (χ0) is 16.5. The lowest BCUT2D eigenvalue weighted by molar-refractivity contribution is -0.0295. The maximum absolute atomic E-state index is 9.77. The van der Waals surface area contributed by atoms with Gasteiger partial charge in [0.25, 0.3) is 0 Å². The molecule has 0 aromatic carbocycles. The zero-order valence-corrected chi connectivity index (χ0v) is 13.2. The fraction of sp³-hybridized carbons (Fsp3) is 0.353. The predicted molar refractivity (Wildman–Crippen MR) is 89.1 cm³/mol. The van der Waals surface area contributed by atoms with Gasteiger partial charge in [0.2, 0.25) is 0 Å². The number of fused-ring (bicyclic) bond motifs is 1. The SMILES string of the molecule is Nc1cc2cc(-c3cnc(COC4CCCC4O)nc3)ccn2n1. The van der Waals surface area contributed by atoms with Gasteiger partial charge in [-0.05, 0) is 37.0 Å². The minimum atomic E-state index is -0.362. The molecular formula is C17H19N5O2. The van der Waals surface area contributed by atoms with Gasteiger partial charge in [-0.1, -0.05) is 0 Å². The summed E-state index contributed by atoms with van der Waals surface area (Å²) in [6.45, 7) is 0.320. The molecule has 0 saturated heterocycles. The molecule has 1 saturated carbocycles. The molecule has 0 spiro atoms. The smallest absolute Gasteiger partial charge is 0.153 e. The standard InChI is InChI=1S/C17H19N5O2/c18-16-7-13-6-11(4-5-22(13)21-16)12-8-19-17(20-9-12)10-24-15-3-1-2-14(15)23/h4-9,14-15,23H,1-3,10H2,(H2,18,21). The molecule has 3 aromatic rings.